The Bertz CT molecular complexity index is 1260. The van der Waals surface area contributed by atoms with Crippen molar-refractivity contribution < 1.29 is 19.1 Å². The van der Waals surface area contributed by atoms with Gasteiger partial charge in [-0.05, 0) is 29.2 Å². The van der Waals surface area contributed by atoms with E-state index in [9.17, 15) is 14.4 Å². The Balaban J connectivity index is 1.32. The van der Waals surface area contributed by atoms with Crippen LogP contribution in [0.3, 0.4) is 0 Å². The molecule has 2 aliphatic rings. The van der Waals surface area contributed by atoms with Gasteiger partial charge in [-0.15, -0.1) is 11.8 Å². The standard InChI is InChI=1S/C29H26N2O4S/c1-19-18-36-28-24(30-23(32)17-20-11-5-2-6-12-20)27(33)31(28)25(19)29(34)35-26(21-13-7-3-8-14-21)22-15-9-4-10-16-22/h2-16,24,26,28H,17-18H2,1H3,(H,30,32)/t24?,28-/m1/s1. The van der Waals surface area contributed by atoms with Gasteiger partial charge in [-0.25, -0.2) is 4.79 Å². The number of carbonyl (C=O) groups is 3. The predicted molar refractivity (Wildman–Crippen MR) is 139 cm³/mol. The molecule has 2 heterocycles. The van der Waals surface area contributed by atoms with E-state index in [-0.39, 0.29) is 29.3 Å². The van der Waals surface area contributed by atoms with Crippen LogP contribution < -0.4 is 5.32 Å². The molecule has 5 rings (SSSR count). The van der Waals surface area contributed by atoms with Crippen LogP contribution in [0, 0.1) is 0 Å². The summed E-state index contributed by atoms with van der Waals surface area (Å²) in [6, 6.07) is 27.8. The average molecular weight is 499 g/mol. The summed E-state index contributed by atoms with van der Waals surface area (Å²) in [6.45, 7) is 1.84. The van der Waals surface area contributed by atoms with Gasteiger partial charge in [0, 0.05) is 5.75 Å². The lowest BCUT2D eigenvalue weighted by Gasteiger charge is -2.49. The van der Waals surface area contributed by atoms with Crippen molar-refractivity contribution in [3.05, 3.63) is 119 Å². The number of thioether (sulfide) groups is 1. The molecular formula is C29H26N2O4S. The second-order valence-corrected chi connectivity index (χ2v) is 9.96. The predicted octanol–water partition coefficient (Wildman–Crippen LogP) is 4.24. The molecule has 1 unspecified atom stereocenters. The molecular weight excluding hydrogens is 472 g/mol. The molecule has 0 aromatic heterocycles. The molecule has 6 nitrogen and oxygen atoms in total. The summed E-state index contributed by atoms with van der Waals surface area (Å²) in [4.78, 5) is 40.7. The largest absolute Gasteiger partial charge is 0.448 e. The lowest BCUT2D eigenvalue weighted by Crippen LogP contribution is -2.70. The Kier molecular flexibility index (Phi) is 6.91. The van der Waals surface area contributed by atoms with Crippen LogP contribution in [0.15, 0.2) is 102 Å². The molecule has 0 saturated carbocycles. The van der Waals surface area contributed by atoms with Gasteiger partial charge in [-0.3, -0.25) is 14.5 Å². The number of amides is 2. The average Bonchev–Trinajstić information content (AvgIpc) is 2.91. The van der Waals surface area contributed by atoms with E-state index in [1.807, 2.05) is 97.9 Å². The molecule has 3 aromatic carbocycles. The highest BCUT2D eigenvalue weighted by Crippen LogP contribution is 2.41. The van der Waals surface area contributed by atoms with Crippen LogP contribution in [-0.2, 0) is 25.5 Å². The highest BCUT2D eigenvalue weighted by Gasteiger charge is 2.54. The molecule has 1 saturated heterocycles. The third-order valence-electron chi connectivity index (χ3n) is 6.31. The Morgan fingerprint density at radius 1 is 0.944 bits per heavy atom. The van der Waals surface area contributed by atoms with Crippen molar-refractivity contribution in [2.45, 2.75) is 30.9 Å². The van der Waals surface area contributed by atoms with Gasteiger partial charge >= 0.3 is 5.97 Å². The van der Waals surface area contributed by atoms with Crippen LogP contribution in [0.2, 0.25) is 0 Å². The maximum Gasteiger partial charge on any atom is 0.356 e. The first-order chi connectivity index (χ1) is 17.5. The molecule has 1 N–H and O–H groups in total. The Morgan fingerprint density at radius 3 is 2.08 bits per heavy atom. The fourth-order valence-electron chi connectivity index (χ4n) is 4.52. The molecule has 2 amide bonds. The fourth-order valence-corrected chi connectivity index (χ4v) is 5.81. The Morgan fingerprint density at radius 2 is 1.50 bits per heavy atom. The lowest BCUT2D eigenvalue weighted by molar-refractivity contribution is -0.154. The number of β-lactam (4-membered cyclic amide) rings is 1. The molecule has 36 heavy (non-hydrogen) atoms. The number of fused-ring (bicyclic) bond motifs is 1. The number of hydrogen-bond acceptors (Lipinski definition) is 5. The van der Waals surface area contributed by atoms with Crippen molar-refractivity contribution in [3.63, 3.8) is 0 Å². The van der Waals surface area contributed by atoms with E-state index >= 15 is 0 Å². The molecule has 0 aliphatic carbocycles. The van der Waals surface area contributed by atoms with Gasteiger partial charge in [0.25, 0.3) is 5.91 Å². The minimum absolute atomic E-state index is 0.196. The topological polar surface area (TPSA) is 75.7 Å². The van der Waals surface area contributed by atoms with Gasteiger partial charge in [-0.2, -0.15) is 0 Å². The number of nitrogens with one attached hydrogen (secondary N) is 1. The summed E-state index contributed by atoms with van der Waals surface area (Å²) in [6.07, 6.45) is -0.410. The van der Waals surface area contributed by atoms with Crippen LogP contribution >= 0.6 is 11.8 Å². The first kappa shape index (κ1) is 23.9. The summed E-state index contributed by atoms with van der Waals surface area (Å²) in [7, 11) is 0. The van der Waals surface area contributed by atoms with Crippen LogP contribution in [0.4, 0.5) is 0 Å². The Labute approximate surface area is 214 Å². The highest BCUT2D eigenvalue weighted by atomic mass is 32.2. The number of benzene rings is 3. The van der Waals surface area contributed by atoms with E-state index in [1.54, 1.807) is 0 Å². The van der Waals surface area contributed by atoms with Gasteiger partial charge < -0.3 is 10.1 Å². The third kappa shape index (κ3) is 4.79. The molecule has 3 aromatic rings. The van der Waals surface area contributed by atoms with E-state index in [2.05, 4.69) is 5.32 Å². The quantitative estimate of drug-likeness (QED) is 0.390. The maximum absolute atomic E-state index is 13.5. The van der Waals surface area contributed by atoms with E-state index in [4.69, 9.17) is 4.74 Å². The van der Waals surface area contributed by atoms with Gasteiger partial charge in [0.15, 0.2) is 6.10 Å². The Hall–Kier alpha value is -3.84. The van der Waals surface area contributed by atoms with E-state index in [1.165, 1.54) is 16.7 Å². The number of carbonyl (C=O) groups excluding carboxylic acids is 3. The number of nitrogens with zero attached hydrogens (tertiary/aromatic N) is 1. The zero-order valence-electron chi connectivity index (χ0n) is 19.8. The summed E-state index contributed by atoms with van der Waals surface area (Å²) < 4.78 is 6.04. The maximum atomic E-state index is 13.5. The molecule has 1 fully saturated rings. The fraction of sp³-hybridized carbons (Fsp3) is 0.207. The summed E-state index contributed by atoms with van der Waals surface area (Å²) in [5, 5.41) is 2.52. The van der Waals surface area contributed by atoms with Gasteiger partial charge in [0.2, 0.25) is 5.91 Å². The molecule has 0 spiro atoms. The van der Waals surface area contributed by atoms with Crippen molar-refractivity contribution in [2.75, 3.05) is 5.75 Å². The summed E-state index contributed by atoms with van der Waals surface area (Å²) >= 11 is 1.54. The van der Waals surface area contributed by atoms with E-state index < -0.39 is 18.1 Å². The summed E-state index contributed by atoms with van der Waals surface area (Å²) in [5.74, 6) is -0.483. The summed E-state index contributed by atoms with van der Waals surface area (Å²) in [5.41, 5.74) is 3.62. The molecule has 2 aliphatic heterocycles. The zero-order valence-corrected chi connectivity index (χ0v) is 20.6. The van der Waals surface area contributed by atoms with Crippen LogP contribution in [0.25, 0.3) is 0 Å². The molecule has 2 atom stereocenters. The molecule has 7 heteroatoms. The van der Waals surface area contributed by atoms with Crippen LogP contribution in [-0.4, -0.2) is 39.9 Å². The number of rotatable bonds is 7. The number of ether oxygens (including phenoxy) is 1. The van der Waals surface area contributed by atoms with Crippen LogP contribution in [0.5, 0.6) is 0 Å². The first-order valence-corrected chi connectivity index (χ1v) is 12.9. The van der Waals surface area contributed by atoms with Gasteiger partial charge in [0.05, 0.1) is 6.42 Å². The minimum atomic E-state index is -0.666. The minimum Gasteiger partial charge on any atom is -0.448 e. The molecule has 0 radical (unpaired) electrons. The third-order valence-corrected chi connectivity index (χ3v) is 7.73. The second kappa shape index (κ2) is 10.4. The first-order valence-electron chi connectivity index (χ1n) is 11.8. The van der Waals surface area contributed by atoms with E-state index in [0.29, 0.717) is 5.75 Å². The van der Waals surface area contributed by atoms with Gasteiger partial charge in [-0.1, -0.05) is 91.0 Å². The van der Waals surface area contributed by atoms with Crippen molar-refractivity contribution in [1.29, 1.82) is 0 Å². The number of esters is 1. The normalized spacial score (nSPS) is 18.9. The zero-order chi connectivity index (χ0) is 25.1. The second-order valence-electron chi connectivity index (χ2n) is 8.85. The van der Waals surface area contributed by atoms with E-state index in [0.717, 1.165) is 22.3 Å². The van der Waals surface area contributed by atoms with Crippen molar-refractivity contribution in [2.24, 2.45) is 0 Å². The molecule has 0 bridgehead atoms. The van der Waals surface area contributed by atoms with Crippen molar-refractivity contribution >= 4 is 29.5 Å². The van der Waals surface area contributed by atoms with Crippen molar-refractivity contribution in [1.82, 2.24) is 10.2 Å². The molecule has 182 valence electrons. The van der Waals surface area contributed by atoms with Crippen molar-refractivity contribution in [3.8, 4) is 0 Å². The SMILES string of the molecule is CC1=C(C(=O)OC(c2ccccc2)c2ccccc2)N2C(=O)C(NC(=O)Cc3ccccc3)[C@H]2SC1. The van der Waals surface area contributed by atoms with Crippen LogP contribution in [0.1, 0.15) is 29.7 Å². The highest BCUT2D eigenvalue weighted by molar-refractivity contribution is 8.00. The monoisotopic (exact) mass is 498 g/mol. The smallest absolute Gasteiger partial charge is 0.356 e. The van der Waals surface area contributed by atoms with Gasteiger partial charge in [0.1, 0.15) is 17.1 Å². The number of hydrogen-bond donors (Lipinski definition) is 1. The lowest BCUT2D eigenvalue weighted by atomic mass is 10.0.